The van der Waals surface area contributed by atoms with Gasteiger partial charge in [-0.2, -0.15) is 0 Å². The number of nitrogen functional groups attached to an aromatic ring is 1. The van der Waals surface area contributed by atoms with Crippen LogP contribution in [0, 0.1) is 37.1 Å². The molecule has 10 nitrogen and oxygen atoms in total. The van der Waals surface area contributed by atoms with Gasteiger partial charge in [-0.1, -0.05) is 12.1 Å². The summed E-state index contributed by atoms with van der Waals surface area (Å²) in [4.78, 5) is 30.8. The van der Waals surface area contributed by atoms with Crippen molar-refractivity contribution >= 4 is 34.4 Å². The highest BCUT2D eigenvalue weighted by molar-refractivity contribution is 6.67. The topological polar surface area (TPSA) is 135 Å². The third-order valence-corrected chi connectivity index (χ3v) is 8.73. The van der Waals surface area contributed by atoms with Gasteiger partial charge in [-0.05, 0) is 120 Å². The molecule has 3 N–H and O–H groups in total. The van der Waals surface area contributed by atoms with E-state index in [0.29, 0.717) is 43.7 Å². The zero-order valence-corrected chi connectivity index (χ0v) is 31.1. The first-order valence-corrected chi connectivity index (χ1v) is 17.7. The largest absolute Gasteiger partial charge is 0.486 e. The fourth-order valence-electron chi connectivity index (χ4n) is 5.77. The summed E-state index contributed by atoms with van der Waals surface area (Å²) in [5.41, 5.74) is 10.2. The molecule has 2 aliphatic heterocycles. The van der Waals surface area contributed by atoms with E-state index in [1.807, 2.05) is 44.2 Å². The highest BCUT2D eigenvalue weighted by Gasteiger charge is 2.19. The Morgan fingerprint density at radius 2 is 1.04 bits per heavy atom. The number of rotatable bonds is 5. The van der Waals surface area contributed by atoms with E-state index in [0.717, 1.165) is 75.2 Å². The third kappa shape index (κ3) is 9.59. The fraction of sp³-hybridized carbons (Fsp3) is 0.143. The normalized spacial score (nSPS) is 12.3. The molecule has 292 valence electrons. The Morgan fingerprint density at radius 1 is 0.614 bits per heavy atom. The third-order valence-electron chi connectivity index (χ3n) is 8.54. The minimum Gasteiger partial charge on any atom is -0.486 e. The lowest BCUT2D eigenvalue weighted by atomic mass is 10.0. The summed E-state index contributed by atoms with van der Waals surface area (Å²) in [5, 5.41) is 1.28. The van der Waals surface area contributed by atoms with Crippen molar-refractivity contribution in [2.75, 3.05) is 37.5 Å². The van der Waals surface area contributed by atoms with Crippen LogP contribution in [0.3, 0.4) is 0 Å². The number of ether oxygens (including phenoxy) is 4. The molecule has 57 heavy (non-hydrogen) atoms. The van der Waals surface area contributed by atoms with Crippen molar-refractivity contribution in [3.05, 3.63) is 143 Å². The second-order valence-corrected chi connectivity index (χ2v) is 12.8. The summed E-state index contributed by atoms with van der Waals surface area (Å²) >= 11 is 4.89. The Kier molecular flexibility index (Phi) is 12.5. The van der Waals surface area contributed by atoms with E-state index < -0.39 is 45.5 Å². The zero-order chi connectivity index (χ0) is 40.6. The summed E-state index contributed by atoms with van der Waals surface area (Å²) in [6.45, 7) is 6.20. The highest BCUT2D eigenvalue weighted by atomic mass is 35.5. The monoisotopic (exact) mass is 800 g/mol. The summed E-state index contributed by atoms with van der Waals surface area (Å²) in [6.07, 6.45) is 3.35. The Balaban J connectivity index is 0.000000161. The van der Waals surface area contributed by atoms with E-state index in [4.69, 9.17) is 36.3 Å². The number of nitrogens with one attached hydrogen (secondary N) is 1. The first kappa shape index (κ1) is 40.0. The van der Waals surface area contributed by atoms with Crippen LogP contribution >= 0.6 is 11.6 Å². The van der Waals surface area contributed by atoms with Crippen molar-refractivity contribution in [3.63, 3.8) is 0 Å². The second kappa shape index (κ2) is 17.9. The van der Waals surface area contributed by atoms with Gasteiger partial charge >= 0.3 is 0 Å². The summed E-state index contributed by atoms with van der Waals surface area (Å²) in [7, 11) is 0. The number of fused-ring (bicyclic) bond motifs is 2. The van der Waals surface area contributed by atoms with E-state index in [2.05, 4.69) is 15.3 Å². The highest BCUT2D eigenvalue weighted by Crippen LogP contribution is 2.38. The Morgan fingerprint density at radius 3 is 1.42 bits per heavy atom. The number of benzene rings is 4. The molecule has 2 aromatic heterocycles. The van der Waals surface area contributed by atoms with E-state index >= 15 is 0 Å². The molecular weight excluding hydrogens is 768 g/mol. The van der Waals surface area contributed by atoms with Crippen molar-refractivity contribution in [1.82, 2.24) is 9.97 Å². The van der Waals surface area contributed by atoms with Gasteiger partial charge < -0.3 is 30.0 Å². The van der Waals surface area contributed by atoms with Crippen molar-refractivity contribution in [2.45, 2.75) is 13.8 Å². The number of carbonyl (C=O) groups excluding carboxylic acids is 2. The lowest BCUT2D eigenvalue weighted by Gasteiger charge is -2.20. The number of hydrogen-bond acceptors (Lipinski definition) is 9. The van der Waals surface area contributed by atoms with E-state index in [-0.39, 0.29) is 5.82 Å². The molecule has 0 aliphatic carbocycles. The average molecular weight is 801 g/mol. The number of nitrogens with two attached hydrogens (primary N) is 1. The van der Waals surface area contributed by atoms with Gasteiger partial charge in [0.15, 0.2) is 23.0 Å². The van der Waals surface area contributed by atoms with Crippen LogP contribution in [0.2, 0.25) is 0 Å². The van der Waals surface area contributed by atoms with Crippen LogP contribution in [0.4, 0.5) is 29.2 Å². The van der Waals surface area contributed by atoms with Crippen LogP contribution in [-0.2, 0) is 0 Å². The molecule has 0 atom stereocenters. The number of carbonyl (C=O) groups is 2. The summed E-state index contributed by atoms with van der Waals surface area (Å²) in [6, 6.07) is 21.2. The molecule has 0 saturated heterocycles. The number of amides is 1. The number of pyridine rings is 2. The predicted molar refractivity (Wildman–Crippen MR) is 206 cm³/mol. The number of anilines is 2. The molecule has 4 heterocycles. The van der Waals surface area contributed by atoms with Gasteiger partial charge in [0.25, 0.3) is 11.1 Å². The molecule has 0 radical (unpaired) electrons. The maximum Gasteiger partial charge on any atom is 0.262 e. The number of nitrogens with zero attached hydrogens (tertiary/aromatic N) is 2. The van der Waals surface area contributed by atoms with Gasteiger partial charge in [-0.15, -0.1) is 0 Å². The van der Waals surface area contributed by atoms with Crippen LogP contribution in [0.5, 0.6) is 23.0 Å². The molecule has 6 aromatic rings. The average Bonchev–Trinajstić information content (AvgIpc) is 3.18. The molecule has 0 saturated carbocycles. The minimum atomic E-state index is -1.12. The molecule has 4 aromatic carbocycles. The second-order valence-electron chi connectivity index (χ2n) is 12.4. The predicted octanol–water partition coefficient (Wildman–Crippen LogP) is 9.11. The van der Waals surface area contributed by atoms with Gasteiger partial charge in [0.05, 0.1) is 0 Å². The Bertz CT molecular complexity index is 2390. The van der Waals surface area contributed by atoms with Crippen molar-refractivity contribution < 1.29 is 46.1 Å². The van der Waals surface area contributed by atoms with Crippen LogP contribution in [0.1, 0.15) is 31.8 Å². The van der Waals surface area contributed by atoms with Crippen LogP contribution in [0.15, 0.2) is 97.3 Å². The first-order valence-electron chi connectivity index (χ1n) is 17.3. The molecule has 1 amide bonds. The first-order chi connectivity index (χ1) is 27.4. The summed E-state index contributed by atoms with van der Waals surface area (Å²) in [5.74, 6) is -0.955. The molecule has 0 fully saturated rings. The minimum absolute atomic E-state index is 0.187. The van der Waals surface area contributed by atoms with Gasteiger partial charge in [-0.25, -0.2) is 27.5 Å². The van der Waals surface area contributed by atoms with Crippen molar-refractivity contribution in [2.24, 2.45) is 0 Å². The molecule has 2 aliphatic rings. The zero-order valence-electron chi connectivity index (χ0n) is 30.4. The van der Waals surface area contributed by atoms with Gasteiger partial charge in [0, 0.05) is 23.5 Å². The maximum atomic E-state index is 13.7. The molecule has 15 heteroatoms. The summed E-state index contributed by atoms with van der Waals surface area (Å²) < 4.78 is 74.9. The van der Waals surface area contributed by atoms with Crippen molar-refractivity contribution in [3.8, 4) is 45.3 Å². The van der Waals surface area contributed by atoms with Gasteiger partial charge in [0.1, 0.15) is 72.5 Å². The van der Waals surface area contributed by atoms with Crippen LogP contribution in [-0.4, -0.2) is 47.5 Å². The number of aryl methyl sites for hydroxylation is 2. The van der Waals surface area contributed by atoms with Crippen LogP contribution in [0.25, 0.3) is 22.3 Å². The van der Waals surface area contributed by atoms with Crippen LogP contribution < -0.4 is 30.0 Å². The Labute approximate surface area is 329 Å². The smallest absolute Gasteiger partial charge is 0.262 e. The lowest BCUT2D eigenvalue weighted by Crippen LogP contribution is -2.16. The number of aromatic nitrogens is 2. The van der Waals surface area contributed by atoms with Gasteiger partial charge in [-0.3, -0.25) is 9.59 Å². The molecule has 0 bridgehead atoms. The van der Waals surface area contributed by atoms with E-state index in [1.165, 1.54) is 6.07 Å². The Hall–Kier alpha value is -6.67. The fourth-order valence-corrected chi connectivity index (χ4v) is 5.95. The SMILES string of the molecule is Cc1cc2c(cc1-c1ccc(N)nc1)OCCO2.Cc1cc2c(cc1-c1ccc(NC(=O)c3c(F)cccc3F)nc1)OCCO2.O=C(Cl)c1c(F)cccc1F. The molecular formula is C42H33ClF4N4O6. The molecule has 0 spiro atoms. The van der Waals surface area contributed by atoms with Crippen molar-refractivity contribution in [1.29, 1.82) is 0 Å². The van der Waals surface area contributed by atoms with Gasteiger partial charge in [0.2, 0.25) is 0 Å². The number of hydrogen-bond donors (Lipinski definition) is 2. The maximum absolute atomic E-state index is 13.7. The standard InChI is InChI=1S/C21H16F2N2O3.C14H14N2O2.C7H3ClF2O/c1-12-9-17-18(28-8-7-27-17)10-14(12)13-5-6-19(24-11-13)25-21(26)20-15(22)3-2-4-16(20)23;1-9-6-12-13(18-5-4-17-12)7-11(9)10-2-3-14(15)16-8-10;8-7(11)6-4(9)2-1-3-5(6)10/h2-6,9-11H,7-8H2,1H3,(H,24,25,26);2-3,6-8H,4-5H2,1H3,(H2,15,16);1-3H. The molecule has 8 rings (SSSR count). The number of halogens is 5. The lowest BCUT2D eigenvalue weighted by molar-refractivity contribution is 0.101. The molecule has 0 unspecified atom stereocenters. The van der Waals surface area contributed by atoms with E-state index in [9.17, 15) is 27.2 Å². The van der Waals surface area contributed by atoms with E-state index in [1.54, 1.807) is 30.6 Å². The quantitative estimate of drug-likeness (QED) is 0.129.